The third-order valence-electron chi connectivity index (χ3n) is 2.42. The van der Waals surface area contributed by atoms with E-state index in [1.54, 1.807) is 11.3 Å². The summed E-state index contributed by atoms with van der Waals surface area (Å²) in [6, 6.07) is 8.27. The number of hydrogen-bond acceptors (Lipinski definition) is 4. The Hall–Kier alpha value is -0.740. The topological polar surface area (TPSA) is 16.1 Å². The summed E-state index contributed by atoms with van der Waals surface area (Å²) >= 11 is 6.16. The summed E-state index contributed by atoms with van der Waals surface area (Å²) in [5, 5.41) is 1.67. The summed E-state index contributed by atoms with van der Waals surface area (Å²) in [4.78, 5) is 6.86. The van der Waals surface area contributed by atoms with Crippen molar-refractivity contribution >= 4 is 39.3 Å². The van der Waals surface area contributed by atoms with Crippen LogP contribution in [0, 0.1) is 0 Å². The van der Waals surface area contributed by atoms with Gasteiger partial charge in [-0.15, -0.1) is 0 Å². The molecule has 2 nitrogen and oxygen atoms in total. The molecule has 2 aromatic rings. The molecule has 14 heavy (non-hydrogen) atoms. The first-order valence-electron chi connectivity index (χ1n) is 4.61. The number of rotatable bonds is 1. The van der Waals surface area contributed by atoms with Crippen LogP contribution in [-0.4, -0.2) is 23.3 Å². The third kappa shape index (κ3) is 1.29. The molecule has 1 aliphatic heterocycles. The van der Waals surface area contributed by atoms with Gasteiger partial charge >= 0.3 is 0 Å². The van der Waals surface area contributed by atoms with Gasteiger partial charge in [0.25, 0.3) is 0 Å². The van der Waals surface area contributed by atoms with Crippen LogP contribution in [-0.2, 0) is 0 Å². The van der Waals surface area contributed by atoms with Gasteiger partial charge in [0.1, 0.15) is 0 Å². The first kappa shape index (κ1) is 8.56. The van der Waals surface area contributed by atoms with Crippen molar-refractivity contribution in [1.29, 1.82) is 0 Å². The van der Waals surface area contributed by atoms with Crippen molar-refractivity contribution in [3.05, 3.63) is 24.3 Å². The quantitative estimate of drug-likeness (QED) is 0.746. The molecule has 0 amide bonds. The normalized spacial score (nSPS) is 17.4. The highest BCUT2D eigenvalue weighted by Crippen LogP contribution is 2.31. The highest BCUT2D eigenvalue weighted by Gasteiger charge is 2.25. The summed E-state index contributed by atoms with van der Waals surface area (Å²) in [5.41, 5.74) is 1.11. The lowest BCUT2D eigenvalue weighted by molar-refractivity contribution is 0.637. The van der Waals surface area contributed by atoms with Crippen molar-refractivity contribution < 1.29 is 0 Å². The number of aromatic nitrogens is 1. The number of thiol groups is 1. The van der Waals surface area contributed by atoms with Crippen LogP contribution in [0.5, 0.6) is 0 Å². The molecule has 4 heteroatoms. The Bertz CT molecular complexity index is 427. The summed E-state index contributed by atoms with van der Waals surface area (Å²) in [7, 11) is 0. The average Bonchev–Trinajstić information content (AvgIpc) is 2.55. The maximum Gasteiger partial charge on any atom is 0.186 e. The van der Waals surface area contributed by atoms with E-state index >= 15 is 0 Å². The van der Waals surface area contributed by atoms with Gasteiger partial charge in [-0.1, -0.05) is 23.5 Å². The summed E-state index contributed by atoms with van der Waals surface area (Å²) < 4.78 is 1.27. The van der Waals surface area contributed by atoms with E-state index in [1.165, 1.54) is 4.70 Å². The molecule has 1 aromatic carbocycles. The molecule has 3 rings (SSSR count). The molecule has 0 aliphatic carbocycles. The average molecular weight is 222 g/mol. The van der Waals surface area contributed by atoms with Crippen LogP contribution in [0.2, 0.25) is 0 Å². The zero-order chi connectivity index (χ0) is 9.54. The van der Waals surface area contributed by atoms with Gasteiger partial charge < -0.3 is 4.90 Å². The number of hydrogen-bond donors (Lipinski definition) is 1. The van der Waals surface area contributed by atoms with Crippen molar-refractivity contribution in [2.45, 2.75) is 5.25 Å². The Kier molecular flexibility index (Phi) is 1.92. The fourth-order valence-corrected chi connectivity index (χ4v) is 2.98. The number of para-hydroxylation sites is 1. The molecule has 1 aromatic heterocycles. The molecule has 0 spiro atoms. The zero-order valence-corrected chi connectivity index (χ0v) is 9.26. The van der Waals surface area contributed by atoms with E-state index in [2.05, 4.69) is 40.7 Å². The van der Waals surface area contributed by atoms with Gasteiger partial charge in [0.05, 0.1) is 10.2 Å². The molecule has 0 unspecified atom stereocenters. The molecule has 0 radical (unpaired) electrons. The van der Waals surface area contributed by atoms with Gasteiger partial charge in [0, 0.05) is 18.3 Å². The minimum absolute atomic E-state index is 0.530. The molecule has 1 aliphatic rings. The second-order valence-corrected chi connectivity index (χ2v) is 5.26. The largest absolute Gasteiger partial charge is 0.346 e. The minimum atomic E-state index is 0.530. The van der Waals surface area contributed by atoms with Crippen molar-refractivity contribution in [3.8, 4) is 0 Å². The number of nitrogens with zero attached hydrogens (tertiary/aromatic N) is 2. The Morgan fingerprint density at radius 3 is 2.86 bits per heavy atom. The summed E-state index contributed by atoms with van der Waals surface area (Å²) in [5.74, 6) is 0. The number of benzene rings is 1. The van der Waals surface area contributed by atoms with E-state index in [0.29, 0.717) is 5.25 Å². The molecule has 0 bridgehead atoms. The molecule has 0 saturated carbocycles. The van der Waals surface area contributed by atoms with Crippen LogP contribution in [0.1, 0.15) is 0 Å². The van der Waals surface area contributed by atoms with E-state index in [9.17, 15) is 0 Å². The Balaban J connectivity index is 1.99. The van der Waals surface area contributed by atoms with Crippen LogP contribution in [0.3, 0.4) is 0 Å². The van der Waals surface area contributed by atoms with Crippen LogP contribution in [0.25, 0.3) is 10.2 Å². The highest BCUT2D eigenvalue weighted by molar-refractivity contribution is 7.81. The molecule has 2 heterocycles. The lowest BCUT2D eigenvalue weighted by atomic mass is 10.2. The van der Waals surface area contributed by atoms with Gasteiger partial charge in [-0.25, -0.2) is 4.98 Å². The third-order valence-corrected chi connectivity index (χ3v) is 3.84. The smallest absolute Gasteiger partial charge is 0.186 e. The maximum atomic E-state index is 4.58. The van der Waals surface area contributed by atoms with E-state index in [1.807, 2.05) is 6.07 Å². The van der Waals surface area contributed by atoms with Gasteiger partial charge in [-0.3, -0.25) is 0 Å². The Morgan fingerprint density at radius 1 is 1.36 bits per heavy atom. The molecule has 0 atom stereocenters. The van der Waals surface area contributed by atoms with Crippen LogP contribution < -0.4 is 4.90 Å². The van der Waals surface area contributed by atoms with Crippen molar-refractivity contribution in [3.63, 3.8) is 0 Å². The molecular formula is C10H10N2S2. The van der Waals surface area contributed by atoms with Crippen LogP contribution >= 0.6 is 24.0 Å². The monoisotopic (exact) mass is 222 g/mol. The standard InChI is InChI=1S/C10H10N2S2/c13-7-5-12(6-7)10-11-8-3-1-2-4-9(8)14-10/h1-4,7,13H,5-6H2. The number of fused-ring (bicyclic) bond motifs is 1. The van der Waals surface area contributed by atoms with Gasteiger partial charge in [0.15, 0.2) is 5.13 Å². The summed E-state index contributed by atoms with van der Waals surface area (Å²) in [6.45, 7) is 2.06. The predicted octanol–water partition coefficient (Wildman–Crippen LogP) is 2.41. The second-order valence-electron chi connectivity index (χ2n) is 3.52. The molecule has 72 valence electrons. The molecular weight excluding hydrogens is 212 g/mol. The number of thiazole rings is 1. The maximum absolute atomic E-state index is 4.58. The second kappa shape index (κ2) is 3.14. The van der Waals surface area contributed by atoms with Gasteiger partial charge in [-0.05, 0) is 12.1 Å². The van der Waals surface area contributed by atoms with Gasteiger partial charge in [-0.2, -0.15) is 12.6 Å². The van der Waals surface area contributed by atoms with Crippen molar-refractivity contribution in [2.24, 2.45) is 0 Å². The lowest BCUT2D eigenvalue weighted by Gasteiger charge is -2.36. The molecule has 1 fully saturated rings. The first-order chi connectivity index (χ1) is 6.83. The van der Waals surface area contributed by atoms with E-state index in [0.717, 1.165) is 23.7 Å². The highest BCUT2D eigenvalue weighted by atomic mass is 32.1. The minimum Gasteiger partial charge on any atom is -0.346 e. The van der Waals surface area contributed by atoms with E-state index in [-0.39, 0.29) is 0 Å². The van der Waals surface area contributed by atoms with Crippen molar-refractivity contribution in [2.75, 3.05) is 18.0 Å². The molecule has 0 N–H and O–H groups in total. The Morgan fingerprint density at radius 2 is 2.14 bits per heavy atom. The summed E-state index contributed by atoms with van der Waals surface area (Å²) in [6.07, 6.45) is 0. The SMILES string of the molecule is SC1CN(c2nc3ccccc3s2)C1. The first-order valence-corrected chi connectivity index (χ1v) is 5.95. The lowest BCUT2D eigenvalue weighted by Crippen LogP contribution is -2.47. The Labute approximate surface area is 92.0 Å². The van der Waals surface area contributed by atoms with Gasteiger partial charge in [0.2, 0.25) is 0 Å². The van der Waals surface area contributed by atoms with E-state index < -0.39 is 0 Å². The van der Waals surface area contributed by atoms with Crippen LogP contribution in [0.15, 0.2) is 24.3 Å². The fraction of sp³-hybridized carbons (Fsp3) is 0.300. The predicted molar refractivity (Wildman–Crippen MR) is 64.6 cm³/mol. The fourth-order valence-electron chi connectivity index (χ4n) is 1.61. The molecule has 1 saturated heterocycles. The van der Waals surface area contributed by atoms with Crippen molar-refractivity contribution in [1.82, 2.24) is 4.98 Å². The zero-order valence-electron chi connectivity index (χ0n) is 7.55. The number of anilines is 1. The van der Waals surface area contributed by atoms with Crippen LogP contribution in [0.4, 0.5) is 5.13 Å². The van der Waals surface area contributed by atoms with E-state index in [4.69, 9.17) is 0 Å².